The molecule has 0 amide bonds. The monoisotopic (exact) mass is 532 g/mol. The standard InChI is InChI=1S/C23H22Br2N2O3/c24-19-7-17(23-9-13-3-14(10-23)5-15(4-13)11-23)1-2-21(19)26-12-16-6-18(27(29)30)8-20(25)22(16)28/h1-2,6-8,12-15,28H,3-5,9-11H2. The summed E-state index contributed by atoms with van der Waals surface area (Å²) in [5.41, 5.74) is 2.67. The van der Waals surface area contributed by atoms with Gasteiger partial charge in [-0.15, -0.1) is 0 Å². The van der Waals surface area contributed by atoms with Gasteiger partial charge >= 0.3 is 0 Å². The molecule has 1 N–H and O–H groups in total. The van der Waals surface area contributed by atoms with Gasteiger partial charge in [0, 0.05) is 28.4 Å². The lowest BCUT2D eigenvalue weighted by atomic mass is 9.48. The van der Waals surface area contributed by atoms with E-state index in [1.807, 2.05) is 6.07 Å². The number of aromatic hydroxyl groups is 1. The molecule has 156 valence electrons. The largest absolute Gasteiger partial charge is 0.506 e. The number of nitro groups is 1. The first-order valence-corrected chi connectivity index (χ1v) is 11.9. The Morgan fingerprint density at radius 3 is 2.23 bits per heavy atom. The van der Waals surface area contributed by atoms with Crippen molar-refractivity contribution in [1.82, 2.24) is 0 Å². The van der Waals surface area contributed by atoms with Crippen molar-refractivity contribution in [3.8, 4) is 5.75 Å². The molecule has 0 unspecified atom stereocenters. The minimum absolute atomic E-state index is 0.0642. The van der Waals surface area contributed by atoms with Crippen LogP contribution in [0.4, 0.5) is 11.4 Å². The zero-order chi connectivity index (χ0) is 21.0. The van der Waals surface area contributed by atoms with Crippen molar-refractivity contribution in [2.24, 2.45) is 22.7 Å². The molecule has 5 nitrogen and oxygen atoms in total. The highest BCUT2D eigenvalue weighted by Crippen LogP contribution is 2.61. The van der Waals surface area contributed by atoms with Crippen LogP contribution in [0.2, 0.25) is 0 Å². The van der Waals surface area contributed by atoms with Gasteiger partial charge in [0.25, 0.3) is 5.69 Å². The van der Waals surface area contributed by atoms with E-state index < -0.39 is 4.92 Å². The second-order valence-corrected chi connectivity index (χ2v) is 11.0. The second kappa shape index (κ2) is 7.45. The molecular formula is C23H22Br2N2O3. The smallest absolute Gasteiger partial charge is 0.271 e. The van der Waals surface area contributed by atoms with Crippen molar-refractivity contribution >= 4 is 49.4 Å². The van der Waals surface area contributed by atoms with Gasteiger partial charge in [-0.05, 0) is 111 Å². The third kappa shape index (κ3) is 3.50. The number of non-ortho nitro benzene ring substituents is 1. The number of benzene rings is 2. The number of nitrogens with zero attached hydrogens (tertiary/aromatic N) is 2. The predicted molar refractivity (Wildman–Crippen MR) is 124 cm³/mol. The molecule has 0 heterocycles. The lowest BCUT2D eigenvalue weighted by Gasteiger charge is -2.57. The summed E-state index contributed by atoms with van der Waals surface area (Å²) in [5, 5.41) is 21.3. The van der Waals surface area contributed by atoms with Crippen molar-refractivity contribution < 1.29 is 10.0 Å². The normalized spacial score (nSPS) is 29.6. The minimum Gasteiger partial charge on any atom is -0.506 e. The molecule has 4 bridgehead atoms. The second-order valence-electron chi connectivity index (χ2n) is 9.24. The van der Waals surface area contributed by atoms with E-state index in [4.69, 9.17) is 0 Å². The molecule has 0 spiro atoms. The van der Waals surface area contributed by atoms with Gasteiger partial charge in [0.05, 0.1) is 15.1 Å². The topological polar surface area (TPSA) is 75.7 Å². The zero-order valence-electron chi connectivity index (χ0n) is 16.4. The molecule has 0 aromatic heterocycles. The van der Waals surface area contributed by atoms with Gasteiger partial charge in [-0.3, -0.25) is 15.1 Å². The fraction of sp³-hybridized carbons (Fsp3) is 0.435. The maximum absolute atomic E-state index is 11.1. The van der Waals surface area contributed by atoms with E-state index in [0.29, 0.717) is 11.0 Å². The van der Waals surface area contributed by atoms with E-state index in [1.54, 1.807) is 0 Å². The third-order valence-electron chi connectivity index (χ3n) is 7.23. The summed E-state index contributed by atoms with van der Waals surface area (Å²) >= 11 is 6.84. The minimum atomic E-state index is -0.488. The fourth-order valence-corrected chi connectivity index (χ4v) is 7.30. The highest BCUT2D eigenvalue weighted by atomic mass is 79.9. The highest BCUT2D eigenvalue weighted by molar-refractivity contribution is 9.11. The van der Waals surface area contributed by atoms with Crippen molar-refractivity contribution in [1.29, 1.82) is 0 Å². The van der Waals surface area contributed by atoms with E-state index in [0.717, 1.165) is 27.9 Å². The van der Waals surface area contributed by atoms with Crippen LogP contribution >= 0.6 is 31.9 Å². The lowest BCUT2D eigenvalue weighted by Crippen LogP contribution is -2.48. The van der Waals surface area contributed by atoms with Gasteiger partial charge in [-0.25, -0.2) is 0 Å². The van der Waals surface area contributed by atoms with Crippen LogP contribution in [-0.4, -0.2) is 16.2 Å². The van der Waals surface area contributed by atoms with Crippen molar-refractivity contribution in [2.75, 3.05) is 0 Å². The summed E-state index contributed by atoms with van der Waals surface area (Å²) in [6.45, 7) is 0. The van der Waals surface area contributed by atoms with E-state index in [2.05, 4.69) is 49.0 Å². The summed E-state index contributed by atoms with van der Waals surface area (Å²) in [6.07, 6.45) is 9.66. The maximum atomic E-state index is 11.1. The quantitative estimate of drug-likeness (QED) is 0.260. The first-order chi connectivity index (χ1) is 14.3. The molecule has 0 atom stereocenters. The molecule has 2 aromatic carbocycles. The Balaban J connectivity index is 1.43. The summed E-state index contributed by atoms with van der Waals surface area (Å²) in [5.74, 6) is 2.61. The number of aliphatic imine (C=N–C) groups is 1. The maximum Gasteiger partial charge on any atom is 0.271 e. The van der Waals surface area contributed by atoms with Crippen molar-refractivity contribution in [2.45, 2.75) is 43.9 Å². The SMILES string of the molecule is O=[N+]([O-])c1cc(Br)c(O)c(C=Nc2ccc(C34CC5CC(CC(C5)C3)C4)cc2Br)c1. The molecular weight excluding hydrogens is 512 g/mol. The first-order valence-electron chi connectivity index (χ1n) is 10.3. The Labute approximate surface area is 192 Å². The number of rotatable bonds is 4. The molecule has 0 saturated heterocycles. The first kappa shape index (κ1) is 20.2. The molecule has 6 rings (SSSR count). The molecule has 0 radical (unpaired) electrons. The fourth-order valence-electron chi connectivity index (χ4n) is 6.35. The number of halogens is 2. The predicted octanol–water partition coefficient (Wildman–Crippen LogP) is 7.04. The molecule has 4 aliphatic rings. The van der Waals surface area contributed by atoms with Crippen LogP contribution in [0, 0.1) is 27.9 Å². The van der Waals surface area contributed by atoms with Gasteiger partial charge in [0.1, 0.15) is 5.75 Å². The van der Waals surface area contributed by atoms with Crippen LogP contribution in [0.5, 0.6) is 5.75 Å². The Morgan fingerprint density at radius 1 is 1.03 bits per heavy atom. The number of hydrogen-bond donors (Lipinski definition) is 1. The molecule has 4 saturated carbocycles. The Bertz CT molecular complexity index is 1030. The number of phenolic OH excluding ortho intramolecular Hbond substituents is 1. The summed E-state index contributed by atoms with van der Waals surface area (Å²) in [7, 11) is 0. The molecule has 7 heteroatoms. The van der Waals surface area contributed by atoms with Gasteiger partial charge < -0.3 is 5.11 Å². The van der Waals surface area contributed by atoms with Gasteiger partial charge in [-0.2, -0.15) is 0 Å². The molecule has 0 aliphatic heterocycles. The Kier molecular flexibility index (Phi) is 5.01. The van der Waals surface area contributed by atoms with E-state index in [-0.39, 0.29) is 15.9 Å². The van der Waals surface area contributed by atoms with Crippen LogP contribution in [0.25, 0.3) is 0 Å². The van der Waals surface area contributed by atoms with Gasteiger partial charge in [0.2, 0.25) is 0 Å². The molecule has 4 fully saturated rings. The van der Waals surface area contributed by atoms with Gasteiger partial charge in [0.15, 0.2) is 0 Å². The van der Waals surface area contributed by atoms with Crippen LogP contribution in [-0.2, 0) is 5.41 Å². The van der Waals surface area contributed by atoms with Crippen LogP contribution in [0.3, 0.4) is 0 Å². The zero-order valence-corrected chi connectivity index (χ0v) is 19.5. The molecule has 30 heavy (non-hydrogen) atoms. The van der Waals surface area contributed by atoms with Crippen LogP contribution in [0.1, 0.15) is 49.7 Å². The van der Waals surface area contributed by atoms with E-state index in [1.165, 1.54) is 62.4 Å². The Morgan fingerprint density at radius 2 is 1.67 bits per heavy atom. The molecule has 2 aromatic rings. The van der Waals surface area contributed by atoms with Crippen molar-refractivity contribution in [3.05, 3.63) is 60.5 Å². The van der Waals surface area contributed by atoms with E-state index >= 15 is 0 Å². The van der Waals surface area contributed by atoms with Crippen LogP contribution in [0.15, 0.2) is 44.3 Å². The van der Waals surface area contributed by atoms with E-state index in [9.17, 15) is 15.2 Å². The van der Waals surface area contributed by atoms with Crippen molar-refractivity contribution in [3.63, 3.8) is 0 Å². The number of phenols is 1. The summed E-state index contributed by atoms with van der Waals surface area (Å²) in [6, 6.07) is 9.03. The lowest BCUT2D eigenvalue weighted by molar-refractivity contribution is -0.385. The average molecular weight is 534 g/mol. The van der Waals surface area contributed by atoms with Gasteiger partial charge in [-0.1, -0.05) is 6.07 Å². The number of nitro benzene ring substituents is 1. The number of hydrogen-bond acceptors (Lipinski definition) is 4. The molecule has 4 aliphatic carbocycles. The highest BCUT2D eigenvalue weighted by Gasteiger charge is 2.51. The summed E-state index contributed by atoms with van der Waals surface area (Å²) < 4.78 is 1.19. The summed E-state index contributed by atoms with van der Waals surface area (Å²) in [4.78, 5) is 15.1. The third-order valence-corrected chi connectivity index (χ3v) is 8.47. The average Bonchev–Trinajstić information content (AvgIpc) is 2.68. The van der Waals surface area contributed by atoms with Crippen LogP contribution < -0.4 is 0 Å². The Hall–Kier alpha value is -1.73.